The molecule has 2 heterocycles. The Hall–Kier alpha value is -1.83. The maximum absolute atomic E-state index is 11.0. The molecule has 3 atom stereocenters. The number of hydrogen-bond donors (Lipinski definition) is 2. The number of ether oxygens (including phenoxy) is 3. The summed E-state index contributed by atoms with van der Waals surface area (Å²) >= 11 is 0. The number of carboxylic acid groups (broad SMARTS) is 1. The summed E-state index contributed by atoms with van der Waals surface area (Å²) in [4.78, 5) is 12.3. The SMILES string of the molecule is O=C(O)N1CCC(c2ccc(OCCCOC3CCCCO3)cc2)C(O)C1. The number of carbonyl (C=O) groups is 1. The molecule has 0 bridgehead atoms. The smallest absolute Gasteiger partial charge is 0.407 e. The van der Waals surface area contributed by atoms with Gasteiger partial charge in [-0.05, 0) is 43.4 Å². The Morgan fingerprint density at radius 1 is 1.19 bits per heavy atom. The van der Waals surface area contributed by atoms with Gasteiger partial charge in [0.1, 0.15) is 5.75 Å². The highest BCUT2D eigenvalue weighted by molar-refractivity contribution is 5.65. The molecular weight excluding hydrogens is 350 g/mol. The van der Waals surface area contributed by atoms with Crippen LogP contribution >= 0.6 is 0 Å². The van der Waals surface area contributed by atoms with Crippen LogP contribution in [0.15, 0.2) is 24.3 Å². The van der Waals surface area contributed by atoms with E-state index >= 15 is 0 Å². The second-order valence-electron chi connectivity index (χ2n) is 7.13. The summed E-state index contributed by atoms with van der Waals surface area (Å²) in [6, 6.07) is 7.70. The Morgan fingerprint density at radius 3 is 2.67 bits per heavy atom. The first-order chi connectivity index (χ1) is 13.1. The van der Waals surface area contributed by atoms with Gasteiger partial charge < -0.3 is 29.3 Å². The highest BCUT2D eigenvalue weighted by Crippen LogP contribution is 2.29. The summed E-state index contributed by atoms with van der Waals surface area (Å²) in [5, 5.41) is 19.3. The molecule has 0 radical (unpaired) electrons. The zero-order chi connectivity index (χ0) is 19.1. The van der Waals surface area contributed by atoms with Gasteiger partial charge in [0.2, 0.25) is 0 Å². The summed E-state index contributed by atoms with van der Waals surface area (Å²) in [6.07, 6.45) is 2.96. The van der Waals surface area contributed by atoms with Gasteiger partial charge in [0.15, 0.2) is 6.29 Å². The Bertz CT molecular complexity index is 587. The van der Waals surface area contributed by atoms with Gasteiger partial charge in [-0.1, -0.05) is 12.1 Å². The minimum absolute atomic E-state index is 0.0430. The number of nitrogens with zero attached hydrogens (tertiary/aromatic N) is 1. The number of hydrogen-bond acceptors (Lipinski definition) is 5. The fraction of sp³-hybridized carbons (Fsp3) is 0.650. The van der Waals surface area contributed by atoms with E-state index < -0.39 is 12.2 Å². The first kappa shape index (κ1) is 19.9. The molecule has 27 heavy (non-hydrogen) atoms. The third-order valence-electron chi connectivity index (χ3n) is 5.16. The molecule has 1 aromatic rings. The number of amides is 1. The largest absolute Gasteiger partial charge is 0.494 e. The molecule has 0 spiro atoms. The molecule has 0 aromatic heterocycles. The first-order valence-electron chi connectivity index (χ1n) is 9.75. The van der Waals surface area contributed by atoms with E-state index in [1.807, 2.05) is 24.3 Å². The summed E-state index contributed by atoms with van der Waals surface area (Å²) in [6.45, 7) is 2.59. The Balaban J connectivity index is 1.38. The highest BCUT2D eigenvalue weighted by atomic mass is 16.7. The zero-order valence-electron chi connectivity index (χ0n) is 15.6. The van der Waals surface area contributed by atoms with Gasteiger partial charge in [-0.2, -0.15) is 0 Å². The highest BCUT2D eigenvalue weighted by Gasteiger charge is 2.30. The Kier molecular flexibility index (Phi) is 7.32. The van der Waals surface area contributed by atoms with Gasteiger partial charge in [-0.3, -0.25) is 0 Å². The molecule has 2 N–H and O–H groups in total. The molecule has 0 saturated carbocycles. The standard InChI is InChI=1S/C20H29NO6/c22-18-14-21(20(23)24)10-9-17(18)15-5-7-16(8-6-15)25-12-3-13-27-19-4-1-2-11-26-19/h5-8,17-19,22H,1-4,9-14H2,(H,23,24). The monoisotopic (exact) mass is 379 g/mol. The number of piperidine rings is 1. The van der Waals surface area contributed by atoms with Crippen molar-refractivity contribution in [3.8, 4) is 5.75 Å². The normalized spacial score (nSPS) is 26.0. The number of benzene rings is 1. The van der Waals surface area contributed by atoms with Crippen LogP contribution in [-0.4, -0.2) is 66.5 Å². The van der Waals surface area contributed by atoms with Crippen molar-refractivity contribution < 1.29 is 29.2 Å². The van der Waals surface area contributed by atoms with Crippen molar-refractivity contribution in [1.29, 1.82) is 0 Å². The van der Waals surface area contributed by atoms with Crippen LogP contribution < -0.4 is 4.74 Å². The van der Waals surface area contributed by atoms with Crippen LogP contribution in [0.1, 0.15) is 43.6 Å². The van der Waals surface area contributed by atoms with Crippen LogP contribution in [0.25, 0.3) is 0 Å². The molecule has 2 fully saturated rings. The predicted octanol–water partition coefficient (Wildman–Crippen LogP) is 2.83. The topological polar surface area (TPSA) is 88.5 Å². The van der Waals surface area contributed by atoms with E-state index in [0.717, 1.165) is 43.6 Å². The van der Waals surface area contributed by atoms with Crippen LogP contribution in [0.5, 0.6) is 5.75 Å². The number of aliphatic hydroxyl groups excluding tert-OH is 1. The van der Waals surface area contributed by atoms with Crippen molar-refractivity contribution in [1.82, 2.24) is 4.90 Å². The van der Waals surface area contributed by atoms with E-state index in [4.69, 9.17) is 19.3 Å². The van der Waals surface area contributed by atoms with Crippen molar-refractivity contribution in [3.05, 3.63) is 29.8 Å². The van der Waals surface area contributed by atoms with Gasteiger partial charge in [-0.15, -0.1) is 0 Å². The maximum Gasteiger partial charge on any atom is 0.407 e. The second-order valence-corrected chi connectivity index (χ2v) is 7.13. The fourth-order valence-electron chi connectivity index (χ4n) is 3.61. The molecule has 150 valence electrons. The quantitative estimate of drug-likeness (QED) is 0.708. The Morgan fingerprint density at radius 2 is 2.00 bits per heavy atom. The summed E-state index contributed by atoms with van der Waals surface area (Å²) in [5.74, 6) is 0.740. The van der Waals surface area contributed by atoms with Crippen molar-refractivity contribution in [3.63, 3.8) is 0 Å². The van der Waals surface area contributed by atoms with E-state index in [-0.39, 0.29) is 18.8 Å². The molecule has 2 saturated heterocycles. The van der Waals surface area contributed by atoms with Crippen LogP contribution in [0.3, 0.4) is 0 Å². The lowest BCUT2D eigenvalue weighted by Crippen LogP contribution is -2.45. The average Bonchev–Trinajstić information content (AvgIpc) is 2.69. The average molecular weight is 379 g/mol. The van der Waals surface area contributed by atoms with Gasteiger partial charge in [0, 0.05) is 25.5 Å². The summed E-state index contributed by atoms with van der Waals surface area (Å²) < 4.78 is 16.9. The molecule has 3 unspecified atom stereocenters. The van der Waals surface area contributed by atoms with Gasteiger partial charge in [0.25, 0.3) is 0 Å². The van der Waals surface area contributed by atoms with Gasteiger partial charge in [-0.25, -0.2) is 4.79 Å². The summed E-state index contributed by atoms with van der Waals surface area (Å²) in [7, 11) is 0. The molecular formula is C20H29NO6. The molecule has 7 heteroatoms. The second kappa shape index (κ2) is 9.92. The molecule has 0 aliphatic carbocycles. The van der Waals surface area contributed by atoms with Crippen molar-refractivity contribution in [2.75, 3.05) is 32.9 Å². The predicted molar refractivity (Wildman–Crippen MR) is 99.1 cm³/mol. The number of β-amino-alcohol motifs (C(OH)–C–C–N with tert-alkyl or cyclic N) is 1. The van der Waals surface area contributed by atoms with E-state index in [1.54, 1.807) is 0 Å². The van der Waals surface area contributed by atoms with Crippen molar-refractivity contribution in [2.45, 2.75) is 50.4 Å². The number of rotatable bonds is 7. The Labute approximate surface area is 159 Å². The lowest BCUT2D eigenvalue weighted by atomic mass is 9.87. The van der Waals surface area contributed by atoms with E-state index in [1.165, 1.54) is 4.90 Å². The van der Waals surface area contributed by atoms with E-state index in [9.17, 15) is 9.90 Å². The fourth-order valence-corrected chi connectivity index (χ4v) is 3.61. The molecule has 2 aliphatic heterocycles. The maximum atomic E-state index is 11.0. The molecule has 1 amide bonds. The third kappa shape index (κ3) is 5.82. The van der Waals surface area contributed by atoms with Crippen LogP contribution in [-0.2, 0) is 9.47 Å². The van der Waals surface area contributed by atoms with E-state index in [0.29, 0.717) is 26.2 Å². The first-order valence-corrected chi connectivity index (χ1v) is 9.75. The lowest BCUT2D eigenvalue weighted by Gasteiger charge is -2.34. The lowest BCUT2D eigenvalue weighted by molar-refractivity contribution is -0.163. The van der Waals surface area contributed by atoms with Crippen LogP contribution in [0.4, 0.5) is 4.79 Å². The van der Waals surface area contributed by atoms with Crippen molar-refractivity contribution in [2.24, 2.45) is 0 Å². The van der Waals surface area contributed by atoms with Crippen LogP contribution in [0, 0.1) is 0 Å². The van der Waals surface area contributed by atoms with Gasteiger partial charge in [0.05, 0.1) is 25.9 Å². The van der Waals surface area contributed by atoms with E-state index in [2.05, 4.69) is 0 Å². The minimum Gasteiger partial charge on any atom is -0.494 e. The molecule has 1 aromatic carbocycles. The summed E-state index contributed by atoms with van der Waals surface area (Å²) in [5.41, 5.74) is 1.01. The molecule has 3 rings (SSSR count). The van der Waals surface area contributed by atoms with Crippen LogP contribution in [0.2, 0.25) is 0 Å². The third-order valence-corrected chi connectivity index (χ3v) is 5.16. The molecule has 2 aliphatic rings. The number of aliphatic hydroxyl groups is 1. The zero-order valence-corrected chi connectivity index (χ0v) is 15.6. The van der Waals surface area contributed by atoms with Gasteiger partial charge >= 0.3 is 6.09 Å². The molecule has 7 nitrogen and oxygen atoms in total. The number of likely N-dealkylation sites (tertiary alicyclic amines) is 1. The minimum atomic E-state index is -0.977. The van der Waals surface area contributed by atoms with Crippen molar-refractivity contribution >= 4 is 6.09 Å².